The van der Waals surface area contributed by atoms with Crippen LogP contribution in [0.25, 0.3) is 0 Å². The van der Waals surface area contributed by atoms with Gasteiger partial charge >= 0.3 is 22.6 Å². The van der Waals surface area contributed by atoms with E-state index in [0.29, 0.717) is 0 Å². The van der Waals surface area contributed by atoms with E-state index in [4.69, 9.17) is 4.89 Å². The average molecular weight is 152 g/mol. The zero-order valence-corrected chi connectivity index (χ0v) is 6.45. The highest BCUT2D eigenvalue weighted by Gasteiger charge is 2.47. The predicted octanol–water partition coefficient (Wildman–Crippen LogP) is 0.642. The minimum absolute atomic E-state index is 0.755. The molecule has 0 saturated carbocycles. The van der Waals surface area contributed by atoms with Gasteiger partial charge in [0.05, 0.1) is 0 Å². The van der Waals surface area contributed by atoms with E-state index in [1.54, 1.807) is 0 Å². The van der Waals surface area contributed by atoms with Crippen LogP contribution in [-0.2, 0) is 11.7 Å². The molecule has 1 rings (SSSR count). The molecule has 4 nitrogen and oxygen atoms in total. The second-order valence-corrected chi connectivity index (χ2v) is 5.82. The van der Waals surface area contributed by atoms with Gasteiger partial charge in [0.2, 0.25) is 0 Å². The molecule has 0 radical (unpaired) electrons. The van der Waals surface area contributed by atoms with Crippen molar-refractivity contribution >= 4 is 22.6 Å². The van der Waals surface area contributed by atoms with Crippen LogP contribution in [0.1, 0.15) is 6.92 Å². The van der Waals surface area contributed by atoms with Gasteiger partial charge in [-0.05, 0) is 5.28 Å². The van der Waals surface area contributed by atoms with Gasteiger partial charge in [-0.3, -0.25) is 0 Å². The quantitative estimate of drug-likeness (QED) is 0.442. The predicted molar refractivity (Wildman–Crippen MR) is 28.2 cm³/mol. The highest BCUT2D eigenvalue weighted by molar-refractivity contribution is 7.53. The summed E-state index contributed by atoms with van der Waals surface area (Å²) in [5.41, 5.74) is 0. The molecule has 0 aromatic carbocycles. The SMILES string of the molecule is C[CH2][Al]1[O]P(=O)(O)[O]1. The molecule has 0 bridgehead atoms. The van der Waals surface area contributed by atoms with Crippen molar-refractivity contribution in [3.05, 3.63) is 0 Å². The van der Waals surface area contributed by atoms with Crippen molar-refractivity contribution in [3.8, 4) is 0 Å². The highest BCUT2D eigenvalue weighted by atomic mass is 31.2. The average Bonchev–Trinajstić information content (AvgIpc) is 1.60. The van der Waals surface area contributed by atoms with Gasteiger partial charge in [-0.25, -0.2) is 4.57 Å². The summed E-state index contributed by atoms with van der Waals surface area (Å²) in [7, 11) is -3.48. The van der Waals surface area contributed by atoms with Gasteiger partial charge in [-0.1, -0.05) is 6.92 Å². The van der Waals surface area contributed by atoms with Gasteiger partial charge < -0.3 is 12.0 Å². The first-order valence-electron chi connectivity index (χ1n) is 2.33. The van der Waals surface area contributed by atoms with Crippen LogP contribution in [0.3, 0.4) is 0 Å². The largest absolute Gasteiger partial charge is 0.691 e. The van der Waals surface area contributed by atoms with Gasteiger partial charge in [-0.15, -0.1) is 0 Å². The molecule has 0 atom stereocenters. The monoisotopic (exact) mass is 152 g/mol. The Morgan fingerprint density at radius 2 is 2.25 bits per heavy atom. The summed E-state index contributed by atoms with van der Waals surface area (Å²) < 4.78 is 19.2. The van der Waals surface area contributed by atoms with Crippen molar-refractivity contribution in [1.82, 2.24) is 0 Å². The van der Waals surface area contributed by atoms with Crippen LogP contribution in [0, 0.1) is 0 Å². The Hall–Kier alpha value is 0.642. The molecule has 0 spiro atoms. The molecule has 1 N–H and O–H groups in total. The van der Waals surface area contributed by atoms with Gasteiger partial charge in [0, 0.05) is 0 Å². The normalized spacial score (nSPS) is 25.0. The van der Waals surface area contributed by atoms with E-state index in [2.05, 4.69) is 7.15 Å². The minimum atomic E-state index is -3.48. The summed E-state index contributed by atoms with van der Waals surface area (Å²) in [4.78, 5) is 8.36. The van der Waals surface area contributed by atoms with Crippen LogP contribution in [0.4, 0.5) is 0 Å². The maximum Gasteiger partial charge on any atom is 0.691 e. The van der Waals surface area contributed by atoms with Crippen molar-refractivity contribution in [1.29, 1.82) is 0 Å². The van der Waals surface area contributed by atoms with E-state index in [-0.39, 0.29) is 0 Å². The van der Waals surface area contributed by atoms with Gasteiger partial charge in [-0.2, -0.15) is 0 Å². The summed E-state index contributed by atoms with van der Waals surface area (Å²) in [6, 6.07) is 0. The maximum atomic E-state index is 10.2. The molecule has 0 aliphatic carbocycles. The van der Waals surface area contributed by atoms with Crippen LogP contribution >= 0.6 is 7.82 Å². The minimum Gasteiger partial charge on any atom is -0.388 e. The maximum absolute atomic E-state index is 10.2. The lowest BCUT2D eigenvalue weighted by atomic mass is 11.0. The standard InChI is InChI=1S/C2H5.Al.H3O4P/c1-2;;1-5(2,3)4/h1H2,2H3;;(H3,1,2,3,4)/q;+2;/p-2. The van der Waals surface area contributed by atoms with E-state index in [0.717, 1.165) is 5.28 Å². The van der Waals surface area contributed by atoms with Crippen LogP contribution in [-0.4, -0.2) is 19.7 Å². The lowest BCUT2D eigenvalue weighted by molar-refractivity contribution is 0.203. The van der Waals surface area contributed by atoms with Crippen LogP contribution in [0.15, 0.2) is 0 Å². The van der Waals surface area contributed by atoms with Crippen molar-refractivity contribution in [2.24, 2.45) is 0 Å². The third-order valence-electron chi connectivity index (χ3n) is 0.835. The Kier molecular flexibility index (Phi) is 1.78. The molecule has 0 amide bonds. The van der Waals surface area contributed by atoms with Crippen LogP contribution in [0.2, 0.25) is 5.28 Å². The third kappa shape index (κ3) is 1.32. The van der Waals surface area contributed by atoms with E-state index < -0.39 is 22.6 Å². The molecule has 8 heavy (non-hydrogen) atoms. The first kappa shape index (κ1) is 6.76. The van der Waals surface area contributed by atoms with E-state index in [1.165, 1.54) is 0 Å². The second kappa shape index (κ2) is 2.11. The molecule has 46 valence electrons. The third-order valence-corrected chi connectivity index (χ3v) is 5.51. The first-order chi connectivity index (χ1) is 3.64. The Morgan fingerprint density at radius 3 is 2.38 bits per heavy atom. The zero-order valence-electron chi connectivity index (χ0n) is 4.40. The summed E-state index contributed by atoms with van der Waals surface area (Å²) in [6.45, 7) is 1.87. The van der Waals surface area contributed by atoms with Crippen molar-refractivity contribution in [3.63, 3.8) is 0 Å². The first-order valence-corrected chi connectivity index (χ1v) is 5.59. The molecule has 0 aromatic heterocycles. The van der Waals surface area contributed by atoms with Gasteiger partial charge in [0.15, 0.2) is 0 Å². The summed E-state index contributed by atoms with van der Waals surface area (Å²) >= 11 is -1.62. The van der Waals surface area contributed by atoms with E-state index >= 15 is 0 Å². The second-order valence-electron chi connectivity index (χ2n) is 1.52. The van der Waals surface area contributed by atoms with Gasteiger partial charge in [0.25, 0.3) is 0 Å². The Morgan fingerprint density at radius 1 is 1.75 bits per heavy atom. The topological polar surface area (TPSA) is 55.8 Å². The fraction of sp³-hybridized carbons (Fsp3) is 1.00. The molecule has 1 aliphatic heterocycles. The number of phosphoric acid groups is 1. The Balaban J connectivity index is 2.32. The fourth-order valence-corrected chi connectivity index (χ4v) is 4.09. The van der Waals surface area contributed by atoms with Crippen LogP contribution in [0.5, 0.6) is 0 Å². The Labute approximate surface area is 52.1 Å². The molecule has 1 fully saturated rings. The Bertz CT molecular complexity index is 126. The molecule has 1 aliphatic rings. The lowest BCUT2D eigenvalue weighted by Gasteiger charge is -2.26. The lowest BCUT2D eigenvalue weighted by Crippen LogP contribution is -2.29. The molecular formula is C2H6AlO4P. The summed E-state index contributed by atoms with van der Waals surface area (Å²) in [6.07, 6.45) is 0. The van der Waals surface area contributed by atoms with Crippen molar-refractivity contribution < 1.29 is 16.6 Å². The fourth-order valence-electron chi connectivity index (χ4n) is 0.454. The van der Waals surface area contributed by atoms with Gasteiger partial charge in [0.1, 0.15) is 0 Å². The zero-order chi connectivity index (χ0) is 6.20. The van der Waals surface area contributed by atoms with Crippen molar-refractivity contribution in [2.75, 3.05) is 0 Å². The molecule has 1 saturated heterocycles. The van der Waals surface area contributed by atoms with Crippen molar-refractivity contribution in [2.45, 2.75) is 12.2 Å². The molecular weight excluding hydrogens is 146 g/mol. The molecule has 6 heteroatoms. The number of hydrogen-bond acceptors (Lipinski definition) is 3. The number of rotatable bonds is 1. The number of hydrogen-bond donors (Lipinski definition) is 1. The smallest absolute Gasteiger partial charge is 0.388 e. The summed E-state index contributed by atoms with van der Waals surface area (Å²) in [5, 5.41) is 0.755. The van der Waals surface area contributed by atoms with E-state index in [1.807, 2.05) is 6.92 Å². The molecule has 1 heterocycles. The highest BCUT2D eigenvalue weighted by Crippen LogP contribution is 2.54. The molecule has 0 aromatic rings. The molecule has 0 unspecified atom stereocenters. The van der Waals surface area contributed by atoms with E-state index in [9.17, 15) is 4.57 Å². The van der Waals surface area contributed by atoms with Crippen LogP contribution < -0.4 is 0 Å². The summed E-state index contributed by atoms with van der Waals surface area (Å²) in [5.74, 6) is 0.